The van der Waals surface area contributed by atoms with Gasteiger partial charge in [0.15, 0.2) is 0 Å². The van der Waals surface area contributed by atoms with Gasteiger partial charge in [-0.25, -0.2) is 9.97 Å². The zero-order valence-corrected chi connectivity index (χ0v) is 9.65. The Hall–Kier alpha value is -1.43. The van der Waals surface area contributed by atoms with Crippen LogP contribution in [0.15, 0.2) is 27.5 Å². The standard InChI is InChI=1S/C9H9BrN4O/c1-6-2-8(14-15-6)5-13-9-11-3-7(10)4-12-9/h2-4H,5H2,1H3,(H,11,12,13). The monoisotopic (exact) mass is 268 g/mol. The summed E-state index contributed by atoms with van der Waals surface area (Å²) >= 11 is 3.26. The largest absolute Gasteiger partial charge is 0.361 e. The smallest absolute Gasteiger partial charge is 0.222 e. The van der Waals surface area contributed by atoms with Crippen LogP contribution >= 0.6 is 15.9 Å². The van der Waals surface area contributed by atoms with Gasteiger partial charge in [-0.1, -0.05) is 5.16 Å². The van der Waals surface area contributed by atoms with E-state index in [2.05, 4.69) is 36.4 Å². The van der Waals surface area contributed by atoms with Crippen molar-refractivity contribution >= 4 is 21.9 Å². The minimum atomic E-state index is 0.555. The minimum Gasteiger partial charge on any atom is -0.361 e. The lowest BCUT2D eigenvalue weighted by Gasteiger charge is -2.00. The fraction of sp³-hybridized carbons (Fsp3) is 0.222. The number of anilines is 1. The summed E-state index contributed by atoms with van der Waals surface area (Å²) in [6, 6.07) is 1.87. The zero-order valence-electron chi connectivity index (χ0n) is 8.07. The first kappa shape index (κ1) is 10.1. The van der Waals surface area contributed by atoms with Crippen molar-refractivity contribution < 1.29 is 4.52 Å². The normalized spacial score (nSPS) is 10.3. The van der Waals surface area contributed by atoms with Crippen LogP contribution in [-0.2, 0) is 6.54 Å². The van der Waals surface area contributed by atoms with Gasteiger partial charge >= 0.3 is 0 Å². The van der Waals surface area contributed by atoms with Crippen molar-refractivity contribution in [1.82, 2.24) is 15.1 Å². The molecule has 0 aliphatic heterocycles. The van der Waals surface area contributed by atoms with E-state index >= 15 is 0 Å². The number of aromatic nitrogens is 3. The van der Waals surface area contributed by atoms with Gasteiger partial charge in [-0.05, 0) is 22.9 Å². The first-order valence-corrected chi connectivity index (χ1v) is 5.17. The van der Waals surface area contributed by atoms with Crippen molar-refractivity contribution in [1.29, 1.82) is 0 Å². The number of aryl methyl sites for hydroxylation is 1. The molecule has 0 radical (unpaired) electrons. The third-order valence-corrected chi connectivity index (χ3v) is 2.13. The van der Waals surface area contributed by atoms with Crippen molar-refractivity contribution in [2.24, 2.45) is 0 Å². The molecule has 2 heterocycles. The maximum atomic E-state index is 4.93. The van der Waals surface area contributed by atoms with Gasteiger partial charge in [0.05, 0.1) is 11.0 Å². The Kier molecular flexibility index (Phi) is 2.96. The lowest BCUT2D eigenvalue weighted by atomic mass is 10.4. The molecule has 0 unspecified atom stereocenters. The van der Waals surface area contributed by atoms with Crippen molar-refractivity contribution in [2.45, 2.75) is 13.5 Å². The second-order valence-corrected chi connectivity index (χ2v) is 3.92. The maximum Gasteiger partial charge on any atom is 0.222 e. The summed E-state index contributed by atoms with van der Waals surface area (Å²) in [4.78, 5) is 8.15. The molecule has 0 aromatic carbocycles. The summed E-state index contributed by atoms with van der Waals surface area (Å²) in [5.74, 6) is 1.36. The number of halogens is 1. The van der Waals surface area contributed by atoms with Gasteiger partial charge in [0.2, 0.25) is 5.95 Å². The number of rotatable bonds is 3. The molecule has 0 fully saturated rings. The number of nitrogens with one attached hydrogen (secondary N) is 1. The van der Waals surface area contributed by atoms with Gasteiger partial charge in [0, 0.05) is 18.5 Å². The highest BCUT2D eigenvalue weighted by Crippen LogP contribution is 2.08. The summed E-state index contributed by atoms with van der Waals surface area (Å²) < 4.78 is 5.79. The Labute approximate surface area is 95.0 Å². The molecule has 2 rings (SSSR count). The molecule has 0 bridgehead atoms. The molecule has 2 aromatic rings. The third kappa shape index (κ3) is 2.76. The van der Waals surface area contributed by atoms with Crippen LogP contribution in [0.3, 0.4) is 0 Å². The molecule has 5 nitrogen and oxygen atoms in total. The molecular formula is C9H9BrN4O. The van der Waals surface area contributed by atoms with Crippen LogP contribution in [0, 0.1) is 6.92 Å². The molecule has 2 aromatic heterocycles. The summed E-state index contributed by atoms with van der Waals surface area (Å²) in [5.41, 5.74) is 0.832. The highest BCUT2D eigenvalue weighted by Gasteiger charge is 2.00. The Bertz CT molecular complexity index is 440. The first-order valence-electron chi connectivity index (χ1n) is 4.37. The average molecular weight is 269 g/mol. The van der Waals surface area contributed by atoms with Crippen molar-refractivity contribution in [3.8, 4) is 0 Å². The van der Waals surface area contributed by atoms with Crippen LogP contribution in [0.2, 0.25) is 0 Å². The summed E-state index contributed by atoms with van der Waals surface area (Å²) in [6.45, 7) is 2.41. The topological polar surface area (TPSA) is 63.8 Å². The van der Waals surface area contributed by atoms with Crippen LogP contribution in [0.4, 0.5) is 5.95 Å². The van der Waals surface area contributed by atoms with E-state index in [-0.39, 0.29) is 0 Å². The Morgan fingerprint density at radius 1 is 1.40 bits per heavy atom. The number of hydrogen-bond donors (Lipinski definition) is 1. The van der Waals surface area contributed by atoms with Gasteiger partial charge in [0.25, 0.3) is 0 Å². The molecule has 0 aliphatic carbocycles. The molecule has 78 valence electrons. The molecule has 0 atom stereocenters. The van der Waals surface area contributed by atoms with Gasteiger partial charge in [-0.2, -0.15) is 0 Å². The summed E-state index contributed by atoms with van der Waals surface area (Å²) in [6.07, 6.45) is 3.37. The molecule has 1 N–H and O–H groups in total. The minimum absolute atomic E-state index is 0.555. The Balaban J connectivity index is 1.96. The van der Waals surface area contributed by atoms with E-state index in [9.17, 15) is 0 Å². The molecule has 0 aliphatic rings. The van der Waals surface area contributed by atoms with Crippen LogP contribution < -0.4 is 5.32 Å². The van der Waals surface area contributed by atoms with E-state index in [1.165, 1.54) is 0 Å². The quantitative estimate of drug-likeness (QED) is 0.924. The van der Waals surface area contributed by atoms with E-state index < -0.39 is 0 Å². The van der Waals surface area contributed by atoms with E-state index in [4.69, 9.17) is 4.52 Å². The second-order valence-electron chi connectivity index (χ2n) is 3.01. The fourth-order valence-electron chi connectivity index (χ4n) is 1.07. The predicted molar refractivity (Wildman–Crippen MR) is 58.3 cm³/mol. The van der Waals surface area contributed by atoms with Crippen LogP contribution in [-0.4, -0.2) is 15.1 Å². The molecule has 0 amide bonds. The van der Waals surface area contributed by atoms with Gasteiger partial charge < -0.3 is 9.84 Å². The van der Waals surface area contributed by atoms with Crippen LogP contribution in [0.1, 0.15) is 11.5 Å². The first-order chi connectivity index (χ1) is 7.24. The highest BCUT2D eigenvalue weighted by atomic mass is 79.9. The van der Waals surface area contributed by atoms with Crippen molar-refractivity contribution in [3.63, 3.8) is 0 Å². The third-order valence-electron chi connectivity index (χ3n) is 1.72. The lowest BCUT2D eigenvalue weighted by Crippen LogP contribution is -2.03. The molecule has 6 heteroatoms. The van der Waals surface area contributed by atoms with E-state index in [0.717, 1.165) is 15.9 Å². The average Bonchev–Trinajstić information content (AvgIpc) is 2.64. The van der Waals surface area contributed by atoms with Gasteiger partial charge in [-0.15, -0.1) is 0 Å². The molecular weight excluding hydrogens is 260 g/mol. The van der Waals surface area contributed by atoms with E-state index in [0.29, 0.717) is 12.5 Å². The number of nitrogens with zero attached hydrogens (tertiary/aromatic N) is 3. The molecule has 0 saturated carbocycles. The second kappa shape index (κ2) is 4.39. The maximum absolute atomic E-state index is 4.93. The van der Waals surface area contributed by atoms with E-state index in [1.54, 1.807) is 12.4 Å². The summed E-state index contributed by atoms with van der Waals surface area (Å²) in [5, 5.41) is 6.88. The summed E-state index contributed by atoms with van der Waals surface area (Å²) in [7, 11) is 0. The van der Waals surface area contributed by atoms with Gasteiger partial charge in [0.1, 0.15) is 11.5 Å². The molecule has 0 spiro atoms. The lowest BCUT2D eigenvalue weighted by molar-refractivity contribution is 0.391. The Morgan fingerprint density at radius 3 is 2.73 bits per heavy atom. The van der Waals surface area contributed by atoms with E-state index in [1.807, 2.05) is 13.0 Å². The molecule has 15 heavy (non-hydrogen) atoms. The van der Waals surface area contributed by atoms with Crippen molar-refractivity contribution in [2.75, 3.05) is 5.32 Å². The fourth-order valence-corrected chi connectivity index (χ4v) is 1.28. The zero-order chi connectivity index (χ0) is 10.7. The van der Waals surface area contributed by atoms with Gasteiger partial charge in [-0.3, -0.25) is 0 Å². The molecule has 0 saturated heterocycles. The van der Waals surface area contributed by atoms with Crippen molar-refractivity contribution in [3.05, 3.63) is 34.4 Å². The SMILES string of the molecule is Cc1cc(CNc2ncc(Br)cn2)no1. The number of hydrogen-bond acceptors (Lipinski definition) is 5. The van der Waals surface area contributed by atoms with Crippen LogP contribution in [0.25, 0.3) is 0 Å². The Morgan fingerprint density at radius 2 is 2.13 bits per heavy atom. The predicted octanol–water partition coefficient (Wildman–Crippen LogP) is 2.15. The highest BCUT2D eigenvalue weighted by molar-refractivity contribution is 9.10. The van der Waals surface area contributed by atoms with Crippen LogP contribution in [0.5, 0.6) is 0 Å².